The molecule has 5 rings (SSSR count). The second-order valence-electron chi connectivity index (χ2n) is 9.37. The predicted octanol–water partition coefficient (Wildman–Crippen LogP) is 3.15. The van der Waals surface area contributed by atoms with E-state index in [0.717, 1.165) is 47.9 Å². The molecule has 3 aromatic rings. The maximum Gasteiger partial charge on any atom is 0.416 e. The van der Waals surface area contributed by atoms with Crippen LogP contribution in [-0.2, 0) is 19.1 Å². The van der Waals surface area contributed by atoms with Crippen molar-refractivity contribution < 1.29 is 23.4 Å². The summed E-state index contributed by atoms with van der Waals surface area (Å²) >= 11 is 6.60. The first-order valence-corrected chi connectivity index (χ1v) is 13.2. The number of likely N-dealkylation sites (tertiary alicyclic amines) is 1. The summed E-state index contributed by atoms with van der Waals surface area (Å²) in [6.07, 6.45) is -2.17. The molecule has 1 fully saturated rings. The van der Waals surface area contributed by atoms with Crippen LogP contribution in [0.5, 0.6) is 5.88 Å². The first kappa shape index (κ1) is 26.6. The number of aliphatic hydroxyl groups excluding tert-OH is 1. The number of thiazole rings is 1. The van der Waals surface area contributed by atoms with Crippen LogP contribution in [0.15, 0.2) is 51.4 Å². The number of aromatic nitrogens is 1. The Kier molecular flexibility index (Phi) is 7.45. The molecule has 7 nitrogen and oxygen atoms in total. The van der Waals surface area contributed by atoms with Crippen molar-refractivity contribution in [3.63, 3.8) is 0 Å². The molecule has 0 radical (unpaired) electrons. The Morgan fingerprint density at radius 3 is 2.63 bits per heavy atom. The molecule has 3 heterocycles. The molecule has 200 valence electrons. The van der Waals surface area contributed by atoms with E-state index in [1.165, 1.54) is 18.3 Å². The lowest BCUT2D eigenvalue weighted by molar-refractivity contribution is -0.138. The van der Waals surface area contributed by atoms with E-state index in [0.29, 0.717) is 28.3 Å². The first-order chi connectivity index (χ1) is 18.1. The van der Waals surface area contributed by atoms with E-state index < -0.39 is 28.6 Å². The summed E-state index contributed by atoms with van der Waals surface area (Å²) in [6, 6.07) is 8.60. The monoisotopic (exact) mass is 564 g/mol. The number of nitrogens with zero attached hydrogens (tertiary/aromatic N) is 4. The highest BCUT2D eigenvalue weighted by atomic mass is 35.5. The molecule has 0 amide bonds. The Morgan fingerprint density at radius 1 is 1.13 bits per heavy atom. The lowest BCUT2D eigenvalue weighted by atomic mass is 9.96. The van der Waals surface area contributed by atoms with Crippen molar-refractivity contribution >= 4 is 34.7 Å². The molecule has 38 heavy (non-hydrogen) atoms. The molecular formula is C26H24ClF3N4O3S. The van der Waals surface area contributed by atoms with E-state index in [1.54, 1.807) is 18.2 Å². The number of fused-ring (bicyclic) bond motifs is 1. The normalized spacial score (nSPS) is 17.0. The third-order valence-corrected chi connectivity index (χ3v) is 7.95. The maximum absolute atomic E-state index is 13.9. The van der Waals surface area contributed by atoms with Gasteiger partial charge in [0.25, 0.3) is 0 Å². The molecule has 0 unspecified atom stereocenters. The van der Waals surface area contributed by atoms with Gasteiger partial charge in [0, 0.05) is 23.6 Å². The molecule has 1 atom stereocenters. The standard InChI is InChI=1S/C26H24ClF3N4O3S/c27-18-5-3-16(21(11-18)26(28,29)30)10-20(15-4-6-22-17(9-15)12-31-32-22)23-24(36)34(25(37)38-23)14-19(35)13-33-7-1-2-8-33/h3-6,9,11-12,19,35-36H,1-2,7-8,10,13-14H2/t19-/m0/s1. The molecule has 1 saturated heterocycles. The van der Waals surface area contributed by atoms with E-state index in [1.807, 2.05) is 0 Å². The Labute approximate surface area is 224 Å². The second-order valence-corrected chi connectivity index (χ2v) is 10.8. The Morgan fingerprint density at radius 2 is 1.89 bits per heavy atom. The first-order valence-electron chi connectivity index (χ1n) is 12.0. The summed E-state index contributed by atoms with van der Waals surface area (Å²) in [5.41, 5.74) is 0.0388. The molecule has 2 N–H and O–H groups in total. The van der Waals surface area contributed by atoms with Gasteiger partial charge in [-0.2, -0.15) is 23.4 Å². The van der Waals surface area contributed by atoms with Crippen molar-refractivity contribution in [3.8, 4) is 5.88 Å². The fourth-order valence-electron chi connectivity index (χ4n) is 4.85. The van der Waals surface area contributed by atoms with Gasteiger partial charge < -0.3 is 15.1 Å². The molecule has 12 heteroatoms. The van der Waals surface area contributed by atoms with Crippen LogP contribution in [0.4, 0.5) is 13.2 Å². The van der Waals surface area contributed by atoms with Crippen LogP contribution in [0.1, 0.15) is 34.4 Å². The Balaban J connectivity index is 1.60. The van der Waals surface area contributed by atoms with Crippen LogP contribution in [0, 0.1) is 0 Å². The molecule has 2 aromatic carbocycles. The van der Waals surface area contributed by atoms with Crippen LogP contribution in [0.3, 0.4) is 0 Å². The van der Waals surface area contributed by atoms with Crippen LogP contribution >= 0.6 is 22.9 Å². The highest BCUT2D eigenvalue weighted by molar-refractivity contribution is 7.10. The van der Waals surface area contributed by atoms with Crippen molar-refractivity contribution in [2.75, 3.05) is 19.6 Å². The summed E-state index contributed by atoms with van der Waals surface area (Å²) < 4.78 is 42.8. The second kappa shape index (κ2) is 10.6. The minimum Gasteiger partial charge on any atom is -0.493 e. The molecule has 2 aliphatic heterocycles. The summed E-state index contributed by atoms with van der Waals surface area (Å²) in [7, 11) is 0. The third-order valence-electron chi connectivity index (χ3n) is 6.69. The fourth-order valence-corrected chi connectivity index (χ4v) is 5.98. The molecule has 0 bridgehead atoms. The number of aliphatic hydroxyl groups is 1. The van der Waals surface area contributed by atoms with Gasteiger partial charge in [0.1, 0.15) is 0 Å². The molecule has 1 aromatic heterocycles. The lowest BCUT2D eigenvalue weighted by Gasteiger charge is -2.19. The number of β-amino-alcohol motifs (C(OH)–C–C–N with tert-alkyl or cyclic N) is 1. The molecule has 0 aliphatic carbocycles. The van der Waals surface area contributed by atoms with E-state index >= 15 is 0 Å². The zero-order valence-electron chi connectivity index (χ0n) is 20.1. The smallest absolute Gasteiger partial charge is 0.416 e. The molecule has 0 spiro atoms. The molecule has 0 saturated carbocycles. The van der Waals surface area contributed by atoms with E-state index in [9.17, 15) is 28.2 Å². The average Bonchev–Trinajstić information content (AvgIpc) is 3.60. The predicted molar refractivity (Wildman–Crippen MR) is 139 cm³/mol. The number of hydrogen-bond acceptors (Lipinski definition) is 7. The van der Waals surface area contributed by atoms with Gasteiger partial charge in [0.2, 0.25) is 5.88 Å². The molecule has 2 aliphatic rings. The van der Waals surface area contributed by atoms with E-state index in [4.69, 9.17) is 11.6 Å². The van der Waals surface area contributed by atoms with Gasteiger partial charge in [-0.15, -0.1) is 0 Å². The van der Waals surface area contributed by atoms with E-state index in [-0.39, 0.29) is 28.4 Å². The largest absolute Gasteiger partial charge is 0.493 e. The van der Waals surface area contributed by atoms with Gasteiger partial charge in [-0.05, 0) is 66.6 Å². The van der Waals surface area contributed by atoms with Crippen molar-refractivity contribution in [3.05, 3.63) is 83.2 Å². The SMILES string of the molecule is O=c1sc(C(Cc2ccc(Cl)cc2C(F)(F)F)=c2ccc3c(c2)C=NN=3)c(O)n1C[C@@H](O)CN1CCCC1. The van der Waals surface area contributed by atoms with Crippen LogP contribution in [0.2, 0.25) is 5.02 Å². The van der Waals surface area contributed by atoms with Gasteiger partial charge in [0.05, 0.1) is 34.7 Å². The van der Waals surface area contributed by atoms with Gasteiger partial charge in [-0.25, -0.2) is 0 Å². The van der Waals surface area contributed by atoms with Gasteiger partial charge in [-0.1, -0.05) is 35.1 Å². The fraction of sp³-hybridized carbons (Fsp3) is 0.346. The summed E-state index contributed by atoms with van der Waals surface area (Å²) in [5.74, 6) is -0.392. The number of alkyl halides is 3. The number of rotatable bonds is 7. The summed E-state index contributed by atoms with van der Waals surface area (Å²) in [5, 5.41) is 30.7. The van der Waals surface area contributed by atoms with Gasteiger partial charge in [-0.3, -0.25) is 9.36 Å². The quantitative estimate of drug-likeness (QED) is 0.461. The van der Waals surface area contributed by atoms with Crippen LogP contribution in [-0.4, -0.2) is 51.6 Å². The van der Waals surface area contributed by atoms with Gasteiger partial charge in [0.15, 0.2) is 0 Å². The van der Waals surface area contributed by atoms with Crippen molar-refractivity contribution in [2.45, 2.75) is 38.1 Å². The minimum atomic E-state index is -4.66. The Hall–Kier alpha value is -2.99. The highest BCUT2D eigenvalue weighted by Crippen LogP contribution is 2.37. The highest BCUT2D eigenvalue weighted by Gasteiger charge is 2.34. The summed E-state index contributed by atoms with van der Waals surface area (Å²) in [4.78, 5) is 14.6. The van der Waals surface area contributed by atoms with Gasteiger partial charge >= 0.3 is 11.0 Å². The average molecular weight is 565 g/mol. The Bertz CT molecular complexity index is 1580. The van der Waals surface area contributed by atoms with Crippen molar-refractivity contribution in [2.24, 2.45) is 10.2 Å². The minimum absolute atomic E-state index is 0.0522. The zero-order chi connectivity index (χ0) is 27.0. The van der Waals surface area contributed by atoms with Crippen LogP contribution in [0.25, 0.3) is 5.57 Å². The van der Waals surface area contributed by atoms with Crippen molar-refractivity contribution in [1.82, 2.24) is 9.47 Å². The number of aromatic hydroxyl groups is 1. The van der Waals surface area contributed by atoms with Crippen LogP contribution < -0.4 is 15.4 Å². The topological polar surface area (TPSA) is 90.4 Å². The lowest BCUT2D eigenvalue weighted by Crippen LogP contribution is -2.34. The number of hydrogen-bond donors (Lipinski definition) is 2. The maximum atomic E-state index is 13.9. The summed E-state index contributed by atoms with van der Waals surface area (Å²) in [6.45, 7) is 1.96. The zero-order valence-corrected chi connectivity index (χ0v) is 21.7. The number of benzene rings is 2. The third kappa shape index (κ3) is 5.56. The van der Waals surface area contributed by atoms with Crippen molar-refractivity contribution in [1.29, 1.82) is 0 Å². The molecular weight excluding hydrogens is 541 g/mol. The number of halogens is 4. The van der Waals surface area contributed by atoms with E-state index in [2.05, 4.69) is 15.1 Å².